The van der Waals surface area contributed by atoms with Crippen molar-refractivity contribution in [1.29, 1.82) is 0 Å². The summed E-state index contributed by atoms with van der Waals surface area (Å²) in [6.07, 6.45) is 1.97. The summed E-state index contributed by atoms with van der Waals surface area (Å²) < 4.78 is 0. The molecule has 2 aliphatic rings. The van der Waals surface area contributed by atoms with Crippen molar-refractivity contribution in [2.24, 2.45) is 11.8 Å². The molecule has 2 N–H and O–H groups in total. The average molecular weight is 237 g/mol. The van der Waals surface area contributed by atoms with E-state index >= 15 is 0 Å². The standard InChI is InChI=1S/C9H16N2OS.ClH/c1-5(13-2)9(12)11-8-6-3-10-4-7(6)8;/h5-8,10H,3-4H2,1-2H3,(H,11,12);1H. The molecule has 3 unspecified atom stereocenters. The molecule has 1 saturated heterocycles. The fraction of sp³-hybridized carbons (Fsp3) is 0.889. The number of piperidine rings is 1. The lowest BCUT2D eigenvalue weighted by Crippen LogP contribution is -2.36. The predicted octanol–water partition coefficient (Wildman–Crippen LogP) is 0.494. The summed E-state index contributed by atoms with van der Waals surface area (Å²) in [5.74, 6) is 1.64. The van der Waals surface area contributed by atoms with Gasteiger partial charge in [0.05, 0.1) is 5.25 Å². The number of thioether (sulfide) groups is 1. The highest BCUT2D eigenvalue weighted by atomic mass is 35.5. The molecule has 0 spiro atoms. The fourth-order valence-corrected chi connectivity index (χ4v) is 2.30. The summed E-state index contributed by atoms with van der Waals surface area (Å²) in [5.41, 5.74) is 0. The van der Waals surface area contributed by atoms with Crippen LogP contribution in [-0.4, -0.2) is 36.5 Å². The van der Waals surface area contributed by atoms with Crippen LogP contribution in [0, 0.1) is 11.8 Å². The average Bonchev–Trinajstić information content (AvgIpc) is 2.63. The Balaban J connectivity index is 0.000000980. The fourth-order valence-electron chi connectivity index (χ4n) is 2.02. The third-order valence-electron chi connectivity index (χ3n) is 3.12. The van der Waals surface area contributed by atoms with Gasteiger partial charge in [-0.2, -0.15) is 11.8 Å². The quantitative estimate of drug-likeness (QED) is 0.750. The highest BCUT2D eigenvalue weighted by Gasteiger charge is 2.53. The molecular formula is C9H17ClN2OS. The van der Waals surface area contributed by atoms with Gasteiger partial charge in [0, 0.05) is 19.1 Å². The van der Waals surface area contributed by atoms with Crippen LogP contribution < -0.4 is 10.6 Å². The van der Waals surface area contributed by atoms with Crippen molar-refractivity contribution in [2.45, 2.75) is 18.2 Å². The monoisotopic (exact) mass is 236 g/mol. The zero-order chi connectivity index (χ0) is 9.42. The Hall–Kier alpha value is 0.0700. The van der Waals surface area contributed by atoms with Crippen molar-refractivity contribution in [1.82, 2.24) is 10.6 Å². The molecule has 5 heteroatoms. The minimum absolute atomic E-state index is 0. The van der Waals surface area contributed by atoms with Crippen molar-refractivity contribution in [3.8, 4) is 0 Å². The first-order chi connectivity index (χ1) is 6.24. The van der Waals surface area contributed by atoms with Crippen LogP contribution in [-0.2, 0) is 4.79 Å². The number of carbonyl (C=O) groups excluding carboxylic acids is 1. The molecule has 0 aromatic heterocycles. The van der Waals surface area contributed by atoms with Crippen molar-refractivity contribution in [2.75, 3.05) is 19.3 Å². The van der Waals surface area contributed by atoms with Crippen molar-refractivity contribution in [3.63, 3.8) is 0 Å². The summed E-state index contributed by atoms with van der Waals surface area (Å²) >= 11 is 1.60. The number of halogens is 1. The molecule has 3 atom stereocenters. The first-order valence-corrected chi connectivity index (χ1v) is 6.06. The molecule has 0 bridgehead atoms. The predicted molar refractivity (Wildman–Crippen MR) is 62.0 cm³/mol. The van der Waals surface area contributed by atoms with Gasteiger partial charge in [-0.15, -0.1) is 12.4 Å². The molecule has 1 aliphatic carbocycles. The molecule has 1 amide bonds. The highest BCUT2D eigenvalue weighted by molar-refractivity contribution is 7.99. The minimum atomic E-state index is 0. The second kappa shape index (κ2) is 4.73. The maximum Gasteiger partial charge on any atom is 0.233 e. The van der Waals surface area contributed by atoms with Gasteiger partial charge in [0.2, 0.25) is 5.91 Å². The summed E-state index contributed by atoms with van der Waals surface area (Å²) in [6.45, 7) is 4.13. The van der Waals surface area contributed by atoms with Gasteiger partial charge in [0.1, 0.15) is 0 Å². The number of hydrogen-bond acceptors (Lipinski definition) is 3. The van der Waals surface area contributed by atoms with E-state index in [4.69, 9.17) is 0 Å². The van der Waals surface area contributed by atoms with E-state index in [9.17, 15) is 4.79 Å². The summed E-state index contributed by atoms with van der Waals surface area (Å²) in [4.78, 5) is 11.5. The molecule has 3 nitrogen and oxygen atoms in total. The van der Waals surface area contributed by atoms with E-state index in [0.717, 1.165) is 24.9 Å². The second-order valence-electron chi connectivity index (χ2n) is 3.90. The number of carbonyl (C=O) groups is 1. The first kappa shape index (κ1) is 12.1. The Bertz CT molecular complexity index is 217. The molecule has 1 aliphatic heterocycles. The Kier molecular flexibility index (Phi) is 4.10. The molecule has 0 radical (unpaired) electrons. The van der Waals surface area contributed by atoms with Gasteiger partial charge in [-0.1, -0.05) is 0 Å². The molecule has 1 saturated carbocycles. The van der Waals surface area contributed by atoms with Crippen LogP contribution in [0.3, 0.4) is 0 Å². The normalized spacial score (nSPS) is 35.4. The Labute approximate surface area is 95.2 Å². The van der Waals surface area contributed by atoms with Gasteiger partial charge in [-0.3, -0.25) is 4.79 Å². The van der Waals surface area contributed by atoms with E-state index in [0.29, 0.717) is 6.04 Å². The molecule has 1 heterocycles. The number of amides is 1. The first-order valence-electron chi connectivity index (χ1n) is 4.78. The lowest BCUT2D eigenvalue weighted by molar-refractivity contribution is -0.120. The van der Waals surface area contributed by atoms with Gasteiger partial charge in [-0.25, -0.2) is 0 Å². The van der Waals surface area contributed by atoms with Crippen LogP contribution in [0.25, 0.3) is 0 Å². The van der Waals surface area contributed by atoms with Crippen LogP contribution in [0.2, 0.25) is 0 Å². The van der Waals surface area contributed by atoms with E-state index < -0.39 is 0 Å². The number of fused-ring (bicyclic) bond motifs is 1. The van der Waals surface area contributed by atoms with E-state index in [1.165, 1.54) is 0 Å². The van der Waals surface area contributed by atoms with Crippen LogP contribution in [0.1, 0.15) is 6.92 Å². The third kappa shape index (κ3) is 2.18. The zero-order valence-electron chi connectivity index (χ0n) is 8.45. The Morgan fingerprint density at radius 3 is 2.57 bits per heavy atom. The molecule has 14 heavy (non-hydrogen) atoms. The summed E-state index contributed by atoms with van der Waals surface area (Å²) in [6, 6.07) is 0.475. The molecule has 82 valence electrons. The van der Waals surface area contributed by atoms with E-state index in [2.05, 4.69) is 10.6 Å². The number of nitrogens with one attached hydrogen (secondary N) is 2. The molecular weight excluding hydrogens is 220 g/mol. The van der Waals surface area contributed by atoms with Crippen LogP contribution in [0.4, 0.5) is 0 Å². The summed E-state index contributed by atoms with van der Waals surface area (Å²) in [7, 11) is 0. The van der Waals surface area contributed by atoms with E-state index in [1.54, 1.807) is 11.8 Å². The van der Waals surface area contributed by atoms with Crippen molar-refractivity contribution < 1.29 is 4.79 Å². The molecule has 0 aromatic carbocycles. The largest absolute Gasteiger partial charge is 0.352 e. The number of hydrogen-bond donors (Lipinski definition) is 2. The maximum atomic E-state index is 11.5. The molecule has 2 fully saturated rings. The maximum absolute atomic E-state index is 11.5. The van der Waals surface area contributed by atoms with Gasteiger partial charge in [-0.05, 0) is 25.0 Å². The van der Waals surface area contributed by atoms with Crippen molar-refractivity contribution >= 4 is 30.1 Å². The Morgan fingerprint density at radius 2 is 2.07 bits per heavy atom. The van der Waals surface area contributed by atoms with Crippen LogP contribution in [0.5, 0.6) is 0 Å². The van der Waals surface area contributed by atoms with Crippen molar-refractivity contribution in [3.05, 3.63) is 0 Å². The molecule has 0 aromatic rings. The lowest BCUT2D eigenvalue weighted by Gasteiger charge is -2.11. The van der Waals surface area contributed by atoms with Gasteiger partial charge < -0.3 is 10.6 Å². The number of rotatable bonds is 3. The van der Waals surface area contributed by atoms with Gasteiger partial charge >= 0.3 is 0 Å². The van der Waals surface area contributed by atoms with E-state index in [-0.39, 0.29) is 23.6 Å². The summed E-state index contributed by atoms with van der Waals surface area (Å²) in [5, 5.41) is 6.51. The van der Waals surface area contributed by atoms with E-state index in [1.807, 2.05) is 13.2 Å². The van der Waals surface area contributed by atoms with Crippen LogP contribution in [0.15, 0.2) is 0 Å². The van der Waals surface area contributed by atoms with Gasteiger partial charge in [0.15, 0.2) is 0 Å². The Morgan fingerprint density at radius 1 is 1.50 bits per heavy atom. The lowest BCUT2D eigenvalue weighted by atomic mass is 10.4. The highest BCUT2D eigenvalue weighted by Crippen LogP contribution is 2.41. The second-order valence-corrected chi connectivity index (χ2v) is 5.08. The zero-order valence-corrected chi connectivity index (χ0v) is 10.1. The minimum Gasteiger partial charge on any atom is -0.352 e. The topological polar surface area (TPSA) is 41.1 Å². The van der Waals surface area contributed by atoms with Crippen LogP contribution >= 0.6 is 24.2 Å². The smallest absolute Gasteiger partial charge is 0.233 e. The molecule has 2 rings (SSSR count). The SMILES string of the molecule is CSC(C)C(=O)NC1C2CNCC21.Cl. The van der Waals surface area contributed by atoms with Gasteiger partial charge in [0.25, 0.3) is 0 Å². The third-order valence-corrected chi connectivity index (χ3v) is 4.04.